The lowest BCUT2D eigenvalue weighted by molar-refractivity contribution is 0.656. The van der Waals surface area contributed by atoms with Gasteiger partial charge in [-0.3, -0.25) is 0 Å². The first-order valence-corrected chi connectivity index (χ1v) is 3.80. The molecule has 0 aliphatic carbocycles. The molecule has 5 heteroatoms. The van der Waals surface area contributed by atoms with Crippen molar-refractivity contribution < 1.29 is 0 Å². The van der Waals surface area contributed by atoms with E-state index in [0.29, 0.717) is 12.1 Å². The Morgan fingerprint density at radius 2 is 2.33 bits per heavy atom. The highest BCUT2D eigenvalue weighted by Gasteiger charge is 2.21. The topological polar surface area (TPSA) is 101 Å². The van der Waals surface area contributed by atoms with E-state index in [1.54, 1.807) is 0 Å². The Hall–Kier alpha value is -1.41. The van der Waals surface area contributed by atoms with Crippen LogP contribution in [-0.4, -0.2) is 12.6 Å². The molecule has 1 aliphatic heterocycles. The van der Waals surface area contributed by atoms with E-state index in [-0.39, 0.29) is 11.9 Å². The maximum absolute atomic E-state index is 8.67. The highest BCUT2D eigenvalue weighted by Crippen LogP contribution is 2.21. The molecule has 64 valence electrons. The maximum Gasteiger partial charge on any atom is 0.161 e. The van der Waals surface area contributed by atoms with Crippen LogP contribution in [0.25, 0.3) is 0 Å². The highest BCUT2D eigenvalue weighted by atomic mass is 15.2. The van der Waals surface area contributed by atoms with Gasteiger partial charge in [0.15, 0.2) is 5.82 Å². The van der Waals surface area contributed by atoms with E-state index in [9.17, 15) is 0 Å². The van der Waals surface area contributed by atoms with Crippen molar-refractivity contribution in [1.82, 2.24) is 0 Å². The SMILES string of the molecule is N#CC1=C(N)N=N[C@@H]1CCCN. The van der Waals surface area contributed by atoms with E-state index in [4.69, 9.17) is 16.7 Å². The minimum Gasteiger partial charge on any atom is -0.381 e. The molecule has 0 bridgehead atoms. The molecule has 12 heavy (non-hydrogen) atoms. The van der Waals surface area contributed by atoms with E-state index in [2.05, 4.69) is 10.2 Å². The molecule has 0 aromatic rings. The van der Waals surface area contributed by atoms with Gasteiger partial charge in [-0.2, -0.15) is 10.4 Å². The van der Waals surface area contributed by atoms with Crippen LogP contribution in [0.1, 0.15) is 12.8 Å². The van der Waals surface area contributed by atoms with E-state index < -0.39 is 0 Å². The summed E-state index contributed by atoms with van der Waals surface area (Å²) < 4.78 is 0. The molecule has 0 fully saturated rings. The number of nitriles is 1. The largest absolute Gasteiger partial charge is 0.381 e. The van der Waals surface area contributed by atoms with Crippen LogP contribution in [0.5, 0.6) is 0 Å². The lowest BCUT2D eigenvalue weighted by Crippen LogP contribution is -2.10. The summed E-state index contributed by atoms with van der Waals surface area (Å²) in [7, 11) is 0. The standard InChI is InChI=1S/C7H11N5/c8-3-1-2-6-5(4-9)7(10)12-11-6/h6H,1-3,8,10H2/t6-/m1/s1. The van der Waals surface area contributed by atoms with Gasteiger partial charge < -0.3 is 11.5 Å². The Morgan fingerprint density at radius 3 is 2.92 bits per heavy atom. The lowest BCUT2D eigenvalue weighted by atomic mass is 10.1. The predicted molar refractivity (Wildman–Crippen MR) is 43.8 cm³/mol. The fourth-order valence-corrected chi connectivity index (χ4v) is 1.06. The molecule has 0 aromatic carbocycles. The number of nitrogens with two attached hydrogens (primary N) is 2. The van der Waals surface area contributed by atoms with Gasteiger partial charge in [-0.05, 0) is 19.4 Å². The molecule has 0 unspecified atom stereocenters. The smallest absolute Gasteiger partial charge is 0.161 e. The summed E-state index contributed by atoms with van der Waals surface area (Å²) in [5.41, 5.74) is 11.2. The fourth-order valence-electron chi connectivity index (χ4n) is 1.06. The van der Waals surface area contributed by atoms with Gasteiger partial charge in [0.2, 0.25) is 0 Å². The van der Waals surface area contributed by atoms with Crippen LogP contribution < -0.4 is 11.5 Å². The molecule has 5 nitrogen and oxygen atoms in total. The van der Waals surface area contributed by atoms with Crippen LogP contribution in [0.2, 0.25) is 0 Å². The van der Waals surface area contributed by atoms with Crippen LogP contribution in [0.4, 0.5) is 0 Å². The molecule has 1 heterocycles. The Bertz CT molecular complexity index is 259. The van der Waals surface area contributed by atoms with Gasteiger partial charge in [0.1, 0.15) is 12.1 Å². The summed E-state index contributed by atoms with van der Waals surface area (Å²) in [4.78, 5) is 0. The second kappa shape index (κ2) is 3.83. The van der Waals surface area contributed by atoms with Crippen molar-refractivity contribution in [1.29, 1.82) is 5.26 Å². The quantitative estimate of drug-likeness (QED) is 0.626. The van der Waals surface area contributed by atoms with E-state index in [0.717, 1.165) is 12.8 Å². The van der Waals surface area contributed by atoms with Crippen LogP contribution in [0, 0.1) is 11.3 Å². The van der Waals surface area contributed by atoms with Gasteiger partial charge in [-0.25, -0.2) is 0 Å². The Labute approximate surface area is 70.8 Å². The molecule has 1 rings (SSSR count). The van der Waals surface area contributed by atoms with Crippen molar-refractivity contribution in [3.8, 4) is 6.07 Å². The molecular weight excluding hydrogens is 154 g/mol. The zero-order chi connectivity index (χ0) is 8.97. The summed E-state index contributed by atoms with van der Waals surface area (Å²) in [5.74, 6) is 0.250. The molecule has 1 aliphatic rings. The summed E-state index contributed by atoms with van der Waals surface area (Å²) in [5, 5.41) is 16.2. The molecule has 1 atom stereocenters. The van der Waals surface area contributed by atoms with Crippen molar-refractivity contribution in [2.45, 2.75) is 18.9 Å². The average molecular weight is 165 g/mol. The number of azo groups is 1. The molecule has 0 saturated heterocycles. The van der Waals surface area contributed by atoms with Gasteiger partial charge in [-0.15, -0.1) is 5.11 Å². The van der Waals surface area contributed by atoms with E-state index >= 15 is 0 Å². The Balaban J connectivity index is 2.59. The van der Waals surface area contributed by atoms with Crippen molar-refractivity contribution in [3.05, 3.63) is 11.4 Å². The average Bonchev–Trinajstić information content (AvgIpc) is 2.43. The molecule has 0 radical (unpaired) electrons. The third kappa shape index (κ3) is 1.60. The first kappa shape index (κ1) is 8.68. The van der Waals surface area contributed by atoms with Crippen LogP contribution >= 0.6 is 0 Å². The summed E-state index contributed by atoms with van der Waals surface area (Å²) in [6.07, 6.45) is 1.59. The second-order valence-electron chi connectivity index (χ2n) is 2.57. The van der Waals surface area contributed by atoms with Gasteiger partial charge in [0.05, 0.1) is 5.57 Å². The lowest BCUT2D eigenvalue weighted by Gasteiger charge is -2.02. The Kier molecular flexibility index (Phi) is 2.77. The molecule has 0 amide bonds. The third-order valence-electron chi connectivity index (χ3n) is 1.72. The molecular formula is C7H11N5. The molecule has 4 N–H and O–H groups in total. The van der Waals surface area contributed by atoms with Gasteiger partial charge >= 0.3 is 0 Å². The minimum absolute atomic E-state index is 0.154. The number of hydrogen-bond acceptors (Lipinski definition) is 5. The minimum atomic E-state index is -0.154. The highest BCUT2D eigenvalue weighted by molar-refractivity contribution is 5.33. The van der Waals surface area contributed by atoms with Crippen LogP contribution in [0.15, 0.2) is 21.6 Å². The predicted octanol–water partition coefficient (Wildman–Crippen LogP) is 0.254. The summed E-state index contributed by atoms with van der Waals surface area (Å²) in [6, 6.07) is 1.84. The first-order valence-electron chi connectivity index (χ1n) is 3.80. The first-order chi connectivity index (χ1) is 5.79. The third-order valence-corrected chi connectivity index (χ3v) is 1.72. The maximum atomic E-state index is 8.67. The van der Waals surface area contributed by atoms with Crippen molar-refractivity contribution in [2.24, 2.45) is 21.7 Å². The van der Waals surface area contributed by atoms with Gasteiger partial charge in [-0.1, -0.05) is 0 Å². The second-order valence-corrected chi connectivity index (χ2v) is 2.57. The van der Waals surface area contributed by atoms with Gasteiger partial charge in [0, 0.05) is 0 Å². The zero-order valence-corrected chi connectivity index (χ0v) is 6.70. The zero-order valence-electron chi connectivity index (χ0n) is 6.70. The van der Waals surface area contributed by atoms with Crippen molar-refractivity contribution in [2.75, 3.05) is 6.54 Å². The number of rotatable bonds is 3. The fraction of sp³-hybridized carbons (Fsp3) is 0.571. The van der Waals surface area contributed by atoms with E-state index in [1.807, 2.05) is 6.07 Å². The molecule has 0 aromatic heterocycles. The van der Waals surface area contributed by atoms with Crippen LogP contribution in [0.3, 0.4) is 0 Å². The van der Waals surface area contributed by atoms with Crippen molar-refractivity contribution >= 4 is 0 Å². The summed E-state index contributed by atoms with van der Waals surface area (Å²) in [6.45, 7) is 0.602. The Morgan fingerprint density at radius 1 is 1.58 bits per heavy atom. The van der Waals surface area contributed by atoms with E-state index in [1.165, 1.54) is 0 Å². The molecule has 0 spiro atoms. The number of hydrogen-bond donors (Lipinski definition) is 2. The van der Waals surface area contributed by atoms with Gasteiger partial charge in [0.25, 0.3) is 0 Å². The number of nitrogens with zero attached hydrogens (tertiary/aromatic N) is 3. The van der Waals surface area contributed by atoms with Crippen LogP contribution in [-0.2, 0) is 0 Å². The summed E-state index contributed by atoms with van der Waals surface area (Å²) >= 11 is 0. The normalized spacial score (nSPS) is 21.5. The molecule has 0 saturated carbocycles. The monoisotopic (exact) mass is 165 g/mol. The van der Waals surface area contributed by atoms with Crippen molar-refractivity contribution in [3.63, 3.8) is 0 Å².